The maximum atomic E-state index is 9.19. The van der Waals surface area contributed by atoms with Crippen molar-refractivity contribution in [3.05, 3.63) is 60.2 Å². The highest BCUT2D eigenvalue weighted by atomic mass is 16.3. The predicted molar refractivity (Wildman–Crippen MR) is 84.6 cm³/mol. The molecule has 0 aliphatic rings. The van der Waals surface area contributed by atoms with E-state index in [0.29, 0.717) is 0 Å². The van der Waals surface area contributed by atoms with Crippen molar-refractivity contribution in [2.45, 2.75) is 25.8 Å². The molecule has 20 heavy (non-hydrogen) atoms. The molecule has 2 heteroatoms. The molecular weight excluding hydrogens is 246 g/mol. The predicted octanol–water partition coefficient (Wildman–Crippen LogP) is 3.78. The van der Waals surface area contributed by atoms with Crippen LogP contribution in [0.1, 0.15) is 31.4 Å². The molecule has 0 fully saturated rings. The van der Waals surface area contributed by atoms with Crippen LogP contribution in [0, 0.1) is 0 Å². The van der Waals surface area contributed by atoms with Crippen LogP contribution in [-0.2, 0) is 0 Å². The van der Waals surface area contributed by atoms with Crippen molar-refractivity contribution < 1.29 is 5.11 Å². The molecule has 2 nitrogen and oxygen atoms in total. The second-order valence-electron chi connectivity index (χ2n) is 5.01. The highest BCUT2D eigenvalue weighted by molar-refractivity contribution is 5.63. The molecular formula is C18H23NO. The molecule has 0 spiro atoms. The molecule has 0 aliphatic carbocycles. The van der Waals surface area contributed by atoms with Crippen LogP contribution >= 0.6 is 0 Å². The SMILES string of the molecule is CCCNC(CCO)c1ccc(-c2ccccc2)cc1. The van der Waals surface area contributed by atoms with Crippen molar-refractivity contribution in [3.8, 4) is 11.1 Å². The lowest BCUT2D eigenvalue weighted by atomic mass is 9.99. The van der Waals surface area contributed by atoms with E-state index in [1.54, 1.807) is 0 Å². The van der Waals surface area contributed by atoms with Gasteiger partial charge in [0, 0.05) is 12.6 Å². The first-order chi connectivity index (χ1) is 9.85. The number of nitrogens with one attached hydrogen (secondary N) is 1. The standard InChI is InChI=1S/C18H23NO/c1-2-13-19-18(12-14-20)17-10-8-16(9-11-17)15-6-4-3-5-7-15/h3-11,18-20H,2,12-14H2,1H3. The van der Waals surface area contributed by atoms with Crippen LogP contribution in [0.15, 0.2) is 54.6 Å². The summed E-state index contributed by atoms with van der Waals surface area (Å²) in [5, 5.41) is 12.7. The first kappa shape index (κ1) is 14.8. The molecule has 0 saturated heterocycles. The molecule has 1 atom stereocenters. The Hall–Kier alpha value is -1.64. The summed E-state index contributed by atoms with van der Waals surface area (Å²) in [5.41, 5.74) is 3.71. The molecule has 0 radical (unpaired) electrons. The smallest absolute Gasteiger partial charge is 0.0449 e. The Labute approximate surface area is 121 Å². The van der Waals surface area contributed by atoms with Gasteiger partial charge in [0.2, 0.25) is 0 Å². The van der Waals surface area contributed by atoms with Gasteiger partial charge in [-0.15, -0.1) is 0 Å². The number of hydrogen-bond donors (Lipinski definition) is 2. The van der Waals surface area contributed by atoms with Crippen LogP contribution in [-0.4, -0.2) is 18.3 Å². The van der Waals surface area contributed by atoms with Crippen molar-refractivity contribution in [2.24, 2.45) is 0 Å². The number of rotatable bonds is 7. The second kappa shape index (κ2) is 7.83. The Bertz CT molecular complexity index is 493. The molecule has 0 aliphatic heterocycles. The average molecular weight is 269 g/mol. The first-order valence-corrected chi connectivity index (χ1v) is 7.34. The summed E-state index contributed by atoms with van der Waals surface area (Å²) in [6, 6.07) is 19.3. The quantitative estimate of drug-likeness (QED) is 0.802. The van der Waals surface area contributed by atoms with E-state index >= 15 is 0 Å². The van der Waals surface area contributed by atoms with Gasteiger partial charge in [-0.05, 0) is 36.1 Å². The fourth-order valence-electron chi connectivity index (χ4n) is 2.37. The summed E-state index contributed by atoms with van der Waals surface area (Å²) < 4.78 is 0. The molecule has 2 rings (SSSR count). The molecule has 2 aromatic carbocycles. The molecule has 0 amide bonds. The minimum atomic E-state index is 0.210. The molecule has 106 valence electrons. The van der Waals surface area contributed by atoms with Crippen LogP contribution in [0.3, 0.4) is 0 Å². The van der Waals surface area contributed by atoms with Gasteiger partial charge in [0.1, 0.15) is 0 Å². The van der Waals surface area contributed by atoms with E-state index in [-0.39, 0.29) is 12.6 Å². The summed E-state index contributed by atoms with van der Waals surface area (Å²) in [4.78, 5) is 0. The molecule has 1 unspecified atom stereocenters. The number of aliphatic hydroxyl groups excluding tert-OH is 1. The highest BCUT2D eigenvalue weighted by Gasteiger charge is 2.09. The highest BCUT2D eigenvalue weighted by Crippen LogP contribution is 2.23. The maximum Gasteiger partial charge on any atom is 0.0449 e. The summed E-state index contributed by atoms with van der Waals surface area (Å²) in [7, 11) is 0. The van der Waals surface area contributed by atoms with E-state index in [0.717, 1.165) is 19.4 Å². The van der Waals surface area contributed by atoms with Crippen molar-refractivity contribution in [2.75, 3.05) is 13.2 Å². The van der Waals surface area contributed by atoms with Gasteiger partial charge in [-0.3, -0.25) is 0 Å². The lowest BCUT2D eigenvalue weighted by molar-refractivity contribution is 0.265. The van der Waals surface area contributed by atoms with E-state index in [2.05, 4.69) is 60.8 Å². The first-order valence-electron chi connectivity index (χ1n) is 7.34. The zero-order valence-corrected chi connectivity index (χ0v) is 12.0. The molecule has 0 heterocycles. The summed E-state index contributed by atoms with van der Waals surface area (Å²) in [6.07, 6.45) is 1.86. The van der Waals surface area contributed by atoms with Gasteiger partial charge in [-0.25, -0.2) is 0 Å². The normalized spacial score (nSPS) is 12.3. The van der Waals surface area contributed by atoms with Crippen LogP contribution < -0.4 is 5.32 Å². The van der Waals surface area contributed by atoms with Gasteiger partial charge >= 0.3 is 0 Å². The van der Waals surface area contributed by atoms with Gasteiger partial charge in [-0.1, -0.05) is 61.5 Å². The third kappa shape index (κ3) is 3.92. The molecule has 2 N–H and O–H groups in total. The van der Waals surface area contributed by atoms with Gasteiger partial charge in [0.15, 0.2) is 0 Å². The Morgan fingerprint density at radius 1 is 0.950 bits per heavy atom. The maximum absolute atomic E-state index is 9.19. The van der Waals surface area contributed by atoms with E-state index in [1.807, 2.05) is 6.07 Å². The zero-order chi connectivity index (χ0) is 14.2. The minimum Gasteiger partial charge on any atom is -0.396 e. The van der Waals surface area contributed by atoms with Crippen molar-refractivity contribution in [1.29, 1.82) is 0 Å². The third-order valence-electron chi connectivity index (χ3n) is 3.48. The van der Waals surface area contributed by atoms with Crippen molar-refractivity contribution in [1.82, 2.24) is 5.32 Å². The Kier molecular flexibility index (Phi) is 5.78. The summed E-state index contributed by atoms with van der Waals surface area (Å²) >= 11 is 0. The summed E-state index contributed by atoms with van der Waals surface area (Å²) in [6.45, 7) is 3.34. The van der Waals surface area contributed by atoms with Crippen LogP contribution in [0.2, 0.25) is 0 Å². The fraction of sp³-hybridized carbons (Fsp3) is 0.333. The van der Waals surface area contributed by atoms with Crippen molar-refractivity contribution in [3.63, 3.8) is 0 Å². The van der Waals surface area contributed by atoms with Crippen LogP contribution in [0.4, 0.5) is 0 Å². The summed E-state index contributed by atoms with van der Waals surface area (Å²) in [5.74, 6) is 0. The topological polar surface area (TPSA) is 32.3 Å². The largest absolute Gasteiger partial charge is 0.396 e. The minimum absolute atomic E-state index is 0.210. The van der Waals surface area contributed by atoms with Gasteiger partial charge < -0.3 is 10.4 Å². The number of aliphatic hydroxyl groups is 1. The van der Waals surface area contributed by atoms with E-state index in [9.17, 15) is 5.11 Å². The van der Waals surface area contributed by atoms with E-state index in [4.69, 9.17) is 0 Å². The zero-order valence-electron chi connectivity index (χ0n) is 12.0. The van der Waals surface area contributed by atoms with Crippen molar-refractivity contribution >= 4 is 0 Å². The van der Waals surface area contributed by atoms with Crippen LogP contribution in [0.5, 0.6) is 0 Å². The molecule has 0 aromatic heterocycles. The molecule has 0 saturated carbocycles. The lowest BCUT2D eigenvalue weighted by Gasteiger charge is -2.18. The third-order valence-corrected chi connectivity index (χ3v) is 3.48. The number of hydrogen-bond acceptors (Lipinski definition) is 2. The number of benzene rings is 2. The average Bonchev–Trinajstić information content (AvgIpc) is 2.52. The molecule has 0 bridgehead atoms. The second-order valence-corrected chi connectivity index (χ2v) is 5.01. The van der Waals surface area contributed by atoms with E-state index < -0.39 is 0 Å². The van der Waals surface area contributed by atoms with Gasteiger partial charge in [0.25, 0.3) is 0 Å². The Balaban J connectivity index is 2.13. The fourth-order valence-corrected chi connectivity index (χ4v) is 2.37. The Morgan fingerprint density at radius 3 is 2.20 bits per heavy atom. The van der Waals surface area contributed by atoms with E-state index in [1.165, 1.54) is 16.7 Å². The molecule has 2 aromatic rings. The van der Waals surface area contributed by atoms with Gasteiger partial charge in [-0.2, -0.15) is 0 Å². The Morgan fingerprint density at radius 2 is 1.60 bits per heavy atom. The van der Waals surface area contributed by atoms with Crippen LogP contribution in [0.25, 0.3) is 11.1 Å². The lowest BCUT2D eigenvalue weighted by Crippen LogP contribution is -2.23. The monoisotopic (exact) mass is 269 g/mol. The van der Waals surface area contributed by atoms with Gasteiger partial charge in [0.05, 0.1) is 0 Å².